The van der Waals surface area contributed by atoms with Crippen LogP contribution in [0.4, 0.5) is 25.7 Å². The van der Waals surface area contributed by atoms with Crippen molar-refractivity contribution in [3.8, 4) is 22.8 Å². The topological polar surface area (TPSA) is 139 Å². The summed E-state index contributed by atoms with van der Waals surface area (Å²) in [6.45, 7) is 6.16. The molecule has 0 aliphatic carbocycles. The van der Waals surface area contributed by atoms with Crippen molar-refractivity contribution in [3.63, 3.8) is 0 Å². The minimum Gasteiger partial charge on any atom is -0.454 e. The van der Waals surface area contributed by atoms with E-state index in [1.807, 2.05) is 0 Å². The van der Waals surface area contributed by atoms with Crippen LogP contribution in [0.15, 0.2) is 72.1 Å². The molecule has 4 amide bonds. The second kappa shape index (κ2) is 13.2. The Hall–Kier alpha value is -5.50. The molecule has 0 bridgehead atoms. The molecule has 238 valence electrons. The molecule has 0 spiro atoms. The number of alkyl carbamates (subject to hydrolysis) is 1. The summed E-state index contributed by atoms with van der Waals surface area (Å²) in [7, 11) is 0. The molecular weight excluding hydrogens is 617 g/mol. The van der Waals surface area contributed by atoms with Gasteiger partial charge in [0.25, 0.3) is 5.91 Å². The Morgan fingerprint density at radius 3 is 2.39 bits per heavy atom. The van der Waals surface area contributed by atoms with E-state index in [1.54, 1.807) is 68.6 Å². The van der Waals surface area contributed by atoms with Crippen LogP contribution >= 0.6 is 11.3 Å². The molecule has 0 radical (unpaired) electrons. The number of ether oxygens (including phenoxy) is 3. The first kappa shape index (κ1) is 31.9. The van der Waals surface area contributed by atoms with Crippen molar-refractivity contribution in [1.82, 2.24) is 10.3 Å². The number of carbonyl (C=O) groups is 4. The Balaban J connectivity index is 1.41. The van der Waals surface area contributed by atoms with Gasteiger partial charge in [-0.25, -0.2) is 24.2 Å². The molecule has 0 atom stereocenters. The average molecular weight is 648 g/mol. The predicted octanol–water partition coefficient (Wildman–Crippen LogP) is 5.76. The quantitative estimate of drug-likeness (QED) is 0.242. The lowest BCUT2D eigenvalue weighted by molar-refractivity contribution is -0.117. The number of nitrogens with zero attached hydrogens (tertiary/aromatic N) is 3. The van der Waals surface area contributed by atoms with E-state index in [1.165, 1.54) is 40.4 Å². The Bertz CT molecular complexity index is 1790. The summed E-state index contributed by atoms with van der Waals surface area (Å²) in [5, 5.41) is 9.41. The zero-order chi connectivity index (χ0) is 33.0. The third-order valence-corrected chi connectivity index (χ3v) is 7.07. The van der Waals surface area contributed by atoms with Gasteiger partial charge in [0, 0.05) is 29.5 Å². The highest BCUT2D eigenvalue weighted by molar-refractivity contribution is 7.14. The van der Waals surface area contributed by atoms with Gasteiger partial charge < -0.3 is 24.8 Å². The molecular formula is C32H30FN5O7S. The van der Waals surface area contributed by atoms with Crippen molar-refractivity contribution in [3.05, 3.63) is 83.5 Å². The second-order valence-electron chi connectivity index (χ2n) is 11.0. The molecule has 0 fully saturated rings. The predicted molar refractivity (Wildman–Crippen MR) is 169 cm³/mol. The van der Waals surface area contributed by atoms with Crippen LogP contribution in [0.25, 0.3) is 11.3 Å². The van der Waals surface area contributed by atoms with Crippen molar-refractivity contribution in [2.24, 2.45) is 0 Å². The van der Waals surface area contributed by atoms with E-state index in [2.05, 4.69) is 15.6 Å². The summed E-state index contributed by atoms with van der Waals surface area (Å²) in [6.07, 6.45) is -0.720. The Morgan fingerprint density at radius 1 is 0.957 bits per heavy atom. The third-order valence-electron chi connectivity index (χ3n) is 6.31. The first-order valence-electron chi connectivity index (χ1n) is 14.0. The number of thiazole rings is 1. The van der Waals surface area contributed by atoms with Gasteiger partial charge in [0.2, 0.25) is 18.6 Å². The minimum absolute atomic E-state index is 0.0134. The van der Waals surface area contributed by atoms with Crippen molar-refractivity contribution in [2.75, 3.05) is 28.7 Å². The Kier molecular flexibility index (Phi) is 9.18. The maximum absolute atomic E-state index is 14.0. The van der Waals surface area contributed by atoms with E-state index >= 15 is 0 Å². The van der Waals surface area contributed by atoms with E-state index in [0.29, 0.717) is 34.1 Å². The number of anilines is 3. The van der Waals surface area contributed by atoms with E-state index < -0.39 is 35.2 Å². The molecule has 1 aromatic heterocycles. The summed E-state index contributed by atoms with van der Waals surface area (Å²) in [6, 6.07) is 16.6. The average Bonchev–Trinajstić information content (AvgIpc) is 3.67. The number of hydrogen-bond donors (Lipinski definition) is 2. The summed E-state index contributed by atoms with van der Waals surface area (Å²) >= 11 is 1.17. The van der Waals surface area contributed by atoms with E-state index in [0.717, 1.165) is 12.1 Å². The highest BCUT2D eigenvalue weighted by Gasteiger charge is 2.30. The van der Waals surface area contributed by atoms with Crippen molar-refractivity contribution in [1.29, 1.82) is 0 Å². The van der Waals surface area contributed by atoms with Gasteiger partial charge in [0.15, 0.2) is 16.6 Å². The van der Waals surface area contributed by atoms with Crippen molar-refractivity contribution < 1.29 is 37.8 Å². The number of hydrogen-bond acceptors (Lipinski definition) is 9. The molecule has 2 heterocycles. The molecule has 0 saturated carbocycles. The van der Waals surface area contributed by atoms with Gasteiger partial charge in [0.1, 0.15) is 18.0 Å². The standard InChI is InChI=1S/C32H30FN5O7S/c1-19(39)37(38(29(41)20-8-10-22(33)11-9-20)24-12-13-26-27(15-24)44-18-43-26)23-7-5-6-21(14-23)25-17-46-30(35-25)36-28(40)16-34-31(42)45-32(2,3)4/h5-15,17H,16,18H2,1-4H3,(H,34,42)(H,35,36,40). The maximum atomic E-state index is 14.0. The lowest BCUT2D eigenvalue weighted by Gasteiger charge is -2.34. The minimum atomic E-state index is -0.720. The largest absolute Gasteiger partial charge is 0.454 e. The molecule has 5 rings (SSSR count). The summed E-state index contributed by atoms with van der Waals surface area (Å²) in [5.74, 6) is -1.22. The van der Waals surface area contributed by atoms with Crippen LogP contribution in [0, 0.1) is 5.82 Å². The van der Waals surface area contributed by atoms with E-state index in [4.69, 9.17) is 14.2 Å². The third kappa shape index (κ3) is 7.58. The van der Waals surface area contributed by atoms with Crippen molar-refractivity contribution >= 4 is 51.7 Å². The Labute approximate surface area is 267 Å². The first-order valence-corrected chi connectivity index (χ1v) is 14.9. The number of hydrazine groups is 1. The summed E-state index contributed by atoms with van der Waals surface area (Å²) in [4.78, 5) is 55.9. The fourth-order valence-electron chi connectivity index (χ4n) is 4.38. The SMILES string of the molecule is CC(=O)N(c1cccc(-c2csc(NC(=O)CNC(=O)OC(C)(C)C)n2)c1)N(C(=O)c1ccc(F)cc1)c1ccc2c(c1)OCO2. The van der Waals surface area contributed by atoms with Gasteiger partial charge in [-0.3, -0.25) is 14.4 Å². The zero-order valence-corrected chi connectivity index (χ0v) is 26.1. The normalized spacial score (nSPS) is 11.8. The van der Waals surface area contributed by atoms with Crippen LogP contribution in [0.5, 0.6) is 11.5 Å². The van der Waals surface area contributed by atoms with Crippen LogP contribution in [0.1, 0.15) is 38.1 Å². The monoisotopic (exact) mass is 647 g/mol. The molecule has 4 aromatic rings. The molecule has 14 heteroatoms. The molecule has 1 aliphatic rings. The first-order chi connectivity index (χ1) is 21.9. The number of fused-ring (bicyclic) bond motifs is 1. The highest BCUT2D eigenvalue weighted by Crippen LogP contribution is 2.38. The number of nitrogens with one attached hydrogen (secondary N) is 2. The lowest BCUT2D eigenvalue weighted by Crippen LogP contribution is -2.50. The lowest BCUT2D eigenvalue weighted by atomic mass is 10.1. The number of halogens is 1. The number of rotatable bonds is 7. The fraction of sp³-hybridized carbons (Fsp3) is 0.219. The number of amides is 4. The molecule has 0 saturated heterocycles. The number of benzene rings is 3. The molecule has 1 aliphatic heterocycles. The van der Waals surface area contributed by atoms with Gasteiger partial charge in [-0.05, 0) is 69.3 Å². The maximum Gasteiger partial charge on any atom is 0.408 e. The Morgan fingerprint density at radius 2 is 1.67 bits per heavy atom. The smallest absolute Gasteiger partial charge is 0.408 e. The van der Waals surface area contributed by atoms with Crippen molar-refractivity contribution in [2.45, 2.75) is 33.3 Å². The van der Waals surface area contributed by atoms with E-state index in [-0.39, 0.29) is 24.0 Å². The summed E-state index contributed by atoms with van der Waals surface area (Å²) in [5.41, 5.74) is 1.16. The van der Waals surface area contributed by atoms with E-state index in [9.17, 15) is 23.6 Å². The van der Waals surface area contributed by atoms with Crippen LogP contribution in [0.2, 0.25) is 0 Å². The van der Waals surface area contributed by atoms with Gasteiger partial charge in [0.05, 0.1) is 17.1 Å². The number of aromatic nitrogens is 1. The molecule has 3 aromatic carbocycles. The molecule has 12 nitrogen and oxygen atoms in total. The van der Waals surface area contributed by atoms with Crippen LogP contribution < -0.4 is 30.1 Å². The second-order valence-corrected chi connectivity index (χ2v) is 11.8. The van der Waals surface area contributed by atoms with Crippen LogP contribution in [-0.4, -0.2) is 47.7 Å². The summed E-state index contributed by atoms with van der Waals surface area (Å²) < 4.78 is 29.8. The zero-order valence-electron chi connectivity index (χ0n) is 25.3. The van der Waals surface area contributed by atoms with Gasteiger partial charge in [-0.15, -0.1) is 11.3 Å². The van der Waals surface area contributed by atoms with Crippen LogP contribution in [-0.2, 0) is 14.3 Å². The molecule has 46 heavy (non-hydrogen) atoms. The molecule has 2 N–H and O–H groups in total. The fourth-order valence-corrected chi connectivity index (χ4v) is 5.12. The molecule has 0 unspecified atom stereocenters. The number of carbonyl (C=O) groups excluding carboxylic acids is 4. The van der Waals surface area contributed by atoms with Crippen LogP contribution in [0.3, 0.4) is 0 Å². The highest BCUT2D eigenvalue weighted by atomic mass is 32.1. The van der Waals surface area contributed by atoms with Gasteiger partial charge in [-0.2, -0.15) is 0 Å². The van der Waals surface area contributed by atoms with Gasteiger partial charge >= 0.3 is 6.09 Å². The van der Waals surface area contributed by atoms with Gasteiger partial charge in [-0.1, -0.05) is 12.1 Å².